The van der Waals surface area contributed by atoms with E-state index in [1.807, 2.05) is 60.8 Å². The molecule has 3 rings (SSSR count). The average Bonchev–Trinajstić information content (AvgIpc) is 2.51. The van der Waals surface area contributed by atoms with Crippen molar-refractivity contribution < 1.29 is 0 Å². The number of pyridine rings is 1. The van der Waals surface area contributed by atoms with Crippen molar-refractivity contribution in [1.29, 1.82) is 0 Å². The lowest BCUT2D eigenvalue weighted by Crippen LogP contribution is -2.10. The number of para-hydroxylation sites is 2. The predicted molar refractivity (Wildman–Crippen MR) is 78.9 cm³/mol. The van der Waals surface area contributed by atoms with Crippen LogP contribution >= 0.6 is 0 Å². The Labute approximate surface area is 113 Å². The van der Waals surface area contributed by atoms with Crippen molar-refractivity contribution in [2.24, 2.45) is 0 Å². The van der Waals surface area contributed by atoms with Crippen molar-refractivity contribution in [3.8, 4) is 0 Å². The molecule has 0 unspecified atom stereocenters. The van der Waals surface area contributed by atoms with E-state index < -0.39 is 0 Å². The molecule has 0 aliphatic heterocycles. The van der Waals surface area contributed by atoms with Crippen molar-refractivity contribution in [1.82, 2.24) is 4.98 Å². The standard InChI is InChI=1S/C17H14N2/c1-3-9-15(10-4-1)19(16-11-5-2-6-12-16)17-13-7-8-14-18-17/h1-14H. The number of benzene rings is 2. The third-order valence-corrected chi connectivity index (χ3v) is 2.91. The van der Waals surface area contributed by atoms with Crippen LogP contribution < -0.4 is 4.90 Å². The van der Waals surface area contributed by atoms with Crippen molar-refractivity contribution >= 4 is 17.2 Å². The second kappa shape index (κ2) is 5.36. The van der Waals surface area contributed by atoms with E-state index in [1.165, 1.54) is 0 Å². The van der Waals surface area contributed by atoms with Gasteiger partial charge in [-0.2, -0.15) is 0 Å². The first-order chi connectivity index (χ1) is 9.45. The van der Waals surface area contributed by atoms with Crippen LogP contribution in [0.3, 0.4) is 0 Å². The van der Waals surface area contributed by atoms with E-state index in [0.717, 1.165) is 17.2 Å². The summed E-state index contributed by atoms with van der Waals surface area (Å²) in [5, 5.41) is 0. The second-order valence-electron chi connectivity index (χ2n) is 4.19. The molecule has 19 heavy (non-hydrogen) atoms. The molecule has 0 radical (unpaired) electrons. The van der Waals surface area contributed by atoms with E-state index in [-0.39, 0.29) is 0 Å². The summed E-state index contributed by atoms with van der Waals surface area (Å²) in [6.07, 6.45) is 1.81. The largest absolute Gasteiger partial charge is 0.295 e. The van der Waals surface area contributed by atoms with Gasteiger partial charge >= 0.3 is 0 Å². The Morgan fingerprint density at radius 1 is 0.579 bits per heavy atom. The lowest BCUT2D eigenvalue weighted by Gasteiger charge is -2.23. The average molecular weight is 246 g/mol. The summed E-state index contributed by atoms with van der Waals surface area (Å²) in [4.78, 5) is 6.60. The molecule has 1 heterocycles. The molecule has 2 aromatic carbocycles. The van der Waals surface area contributed by atoms with Crippen LogP contribution in [0.5, 0.6) is 0 Å². The first-order valence-corrected chi connectivity index (χ1v) is 6.26. The van der Waals surface area contributed by atoms with Crippen LogP contribution in [0.25, 0.3) is 0 Å². The Morgan fingerprint density at radius 2 is 1.11 bits per heavy atom. The molecule has 0 saturated carbocycles. The van der Waals surface area contributed by atoms with Crippen molar-refractivity contribution in [2.75, 3.05) is 4.90 Å². The fourth-order valence-electron chi connectivity index (χ4n) is 2.05. The van der Waals surface area contributed by atoms with Crippen LogP contribution in [0.15, 0.2) is 85.1 Å². The molecular formula is C17H14N2. The molecule has 2 heteroatoms. The van der Waals surface area contributed by atoms with Crippen LogP contribution in [0.4, 0.5) is 17.2 Å². The molecule has 3 aromatic rings. The first-order valence-electron chi connectivity index (χ1n) is 6.26. The van der Waals surface area contributed by atoms with Gasteiger partial charge in [-0.25, -0.2) is 4.98 Å². The van der Waals surface area contributed by atoms with Gasteiger partial charge in [-0.3, -0.25) is 4.90 Å². The molecule has 0 bridgehead atoms. The highest BCUT2D eigenvalue weighted by molar-refractivity contribution is 5.73. The minimum absolute atomic E-state index is 0.917. The molecule has 1 aromatic heterocycles. The van der Waals surface area contributed by atoms with Gasteiger partial charge in [0.05, 0.1) is 0 Å². The van der Waals surface area contributed by atoms with Crippen LogP contribution in [0, 0.1) is 0 Å². The van der Waals surface area contributed by atoms with Crippen LogP contribution in [0.2, 0.25) is 0 Å². The number of anilines is 3. The number of aromatic nitrogens is 1. The first kappa shape index (κ1) is 11.5. The van der Waals surface area contributed by atoms with Crippen molar-refractivity contribution in [2.45, 2.75) is 0 Å². The fraction of sp³-hybridized carbons (Fsp3) is 0. The van der Waals surface area contributed by atoms with Gasteiger partial charge in [-0.1, -0.05) is 42.5 Å². The summed E-state index contributed by atoms with van der Waals surface area (Å²) in [6.45, 7) is 0. The van der Waals surface area contributed by atoms with E-state index in [9.17, 15) is 0 Å². The Morgan fingerprint density at radius 3 is 1.58 bits per heavy atom. The van der Waals surface area contributed by atoms with E-state index in [1.54, 1.807) is 0 Å². The van der Waals surface area contributed by atoms with Gasteiger partial charge in [0.1, 0.15) is 5.82 Å². The van der Waals surface area contributed by atoms with E-state index in [2.05, 4.69) is 34.1 Å². The summed E-state index contributed by atoms with van der Waals surface area (Å²) >= 11 is 0. The van der Waals surface area contributed by atoms with Gasteiger partial charge in [0.25, 0.3) is 0 Å². The van der Waals surface area contributed by atoms with Crippen LogP contribution in [0.1, 0.15) is 0 Å². The highest BCUT2D eigenvalue weighted by Gasteiger charge is 2.11. The lowest BCUT2D eigenvalue weighted by molar-refractivity contribution is 1.18. The van der Waals surface area contributed by atoms with Gasteiger partial charge in [-0.15, -0.1) is 0 Å². The van der Waals surface area contributed by atoms with Gasteiger partial charge in [-0.05, 0) is 36.4 Å². The van der Waals surface area contributed by atoms with E-state index in [4.69, 9.17) is 0 Å². The maximum absolute atomic E-state index is 4.46. The van der Waals surface area contributed by atoms with Gasteiger partial charge in [0, 0.05) is 17.6 Å². The van der Waals surface area contributed by atoms with Gasteiger partial charge < -0.3 is 0 Å². The number of nitrogens with zero attached hydrogens (tertiary/aromatic N) is 2. The van der Waals surface area contributed by atoms with E-state index in [0.29, 0.717) is 0 Å². The quantitative estimate of drug-likeness (QED) is 0.674. The van der Waals surface area contributed by atoms with Gasteiger partial charge in [0.2, 0.25) is 0 Å². The smallest absolute Gasteiger partial charge is 0.137 e. The number of hydrogen-bond acceptors (Lipinski definition) is 2. The molecule has 2 nitrogen and oxygen atoms in total. The van der Waals surface area contributed by atoms with Crippen LogP contribution in [-0.4, -0.2) is 4.98 Å². The number of rotatable bonds is 3. The Balaban J connectivity index is 2.12. The SMILES string of the molecule is c1ccc(N(c2ccccc2)c2ccccn2)cc1. The highest BCUT2D eigenvalue weighted by Crippen LogP contribution is 2.31. The summed E-state index contributed by atoms with van der Waals surface area (Å²) in [5.74, 6) is 0.917. The monoisotopic (exact) mass is 246 g/mol. The normalized spacial score (nSPS) is 10.1. The molecule has 0 saturated heterocycles. The van der Waals surface area contributed by atoms with Crippen LogP contribution in [-0.2, 0) is 0 Å². The summed E-state index contributed by atoms with van der Waals surface area (Å²) in [6, 6.07) is 26.5. The zero-order chi connectivity index (χ0) is 12.9. The summed E-state index contributed by atoms with van der Waals surface area (Å²) in [5.41, 5.74) is 2.21. The molecule has 92 valence electrons. The minimum Gasteiger partial charge on any atom is -0.295 e. The Bertz CT molecular complexity index is 527. The topological polar surface area (TPSA) is 16.1 Å². The summed E-state index contributed by atoms with van der Waals surface area (Å²) < 4.78 is 0. The van der Waals surface area contributed by atoms with Gasteiger partial charge in [0.15, 0.2) is 0 Å². The molecule has 0 atom stereocenters. The zero-order valence-electron chi connectivity index (χ0n) is 10.5. The van der Waals surface area contributed by atoms with E-state index >= 15 is 0 Å². The maximum atomic E-state index is 4.46. The molecule has 0 amide bonds. The lowest BCUT2D eigenvalue weighted by atomic mass is 10.2. The maximum Gasteiger partial charge on any atom is 0.137 e. The highest BCUT2D eigenvalue weighted by atomic mass is 15.2. The molecule has 0 fully saturated rings. The molecule has 0 aliphatic carbocycles. The third kappa shape index (κ3) is 2.47. The van der Waals surface area contributed by atoms with Crippen molar-refractivity contribution in [3.63, 3.8) is 0 Å². The third-order valence-electron chi connectivity index (χ3n) is 2.91. The molecule has 0 N–H and O–H groups in total. The van der Waals surface area contributed by atoms with Crippen molar-refractivity contribution in [3.05, 3.63) is 85.1 Å². The molecular weight excluding hydrogens is 232 g/mol. The minimum atomic E-state index is 0.917. The zero-order valence-corrected chi connectivity index (χ0v) is 10.5. The predicted octanol–water partition coefficient (Wildman–Crippen LogP) is 4.55. The Kier molecular flexibility index (Phi) is 3.24. The molecule has 0 aliphatic rings. The fourth-order valence-corrected chi connectivity index (χ4v) is 2.05. The second-order valence-corrected chi connectivity index (χ2v) is 4.19. The number of hydrogen-bond donors (Lipinski definition) is 0. The molecule has 0 spiro atoms. The summed E-state index contributed by atoms with van der Waals surface area (Å²) in [7, 11) is 0. The Hall–Kier alpha value is -2.61.